The highest BCUT2D eigenvalue weighted by Gasteiger charge is 2.20. The molecule has 0 aliphatic carbocycles. The number of aromatic amines is 2. The van der Waals surface area contributed by atoms with E-state index in [0.717, 1.165) is 70.8 Å². The van der Waals surface area contributed by atoms with Gasteiger partial charge in [0.05, 0.1) is 41.0 Å². The summed E-state index contributed by atoms with van der Waals surface area (Å²) in [7, 11) is 2.15. The lowest BCUT2D eigenvalue weighted by Gasteiger charge is -2.33. The second kappa shape index (κ2) is 7.13. The van der Waals surface area contributed by atoms with E-state index in [1.807, 2.05) is 36.8 Å². The summed E-state index contributed by atoms with van der Waals surface area (Å²) in [6.07, 6.45) is 9.09. The van der Waals surface area contributed by atoms with E-state index in [2.05, 4.69) is 47.0 Å². The first kappa shape index (κ1) is 18.0. The first-order chi connectivity index (χ1) is 15.3. The van der Waals surface area contributed by atoms with Gasteiger partial charge >= 0.3 is 0 Å². The Bertz CT molecular complexity index is 1360. The van der Waals surface area contributed by atoms with Crippen LogP contribution in [0, 0.1) is 0 Å². The molecule has 0 amide bonds. The van der Waals surface area contributed by atoms with Crippen molar-refractivity contribution in [2.24, 2.45) is 0 Å². The number of pyridine rings is 3. The van der Waals surface area contributed by atoms with E-state index in [1.54, 1.807) is 12.4 Å². The number of nitrogens with one attached hydrogen (secondary N) is 2. The SMILES string of the molecule is CN1CCN(c2cncc3[nH]c(-c4n[nH]c5cnc(-c6cccnc6)cc45)nc23)CC1. The lowest BCUT2D eigenvalue weighted by Crippen LogP contribution is -2.44. The fourth-order valence-corrected chi connectivity index (χ4v) is 4.08. The molecule has 1 fully saturated rings. The molecule has 5 aromatic heterocycles. The number of hydrogen-bond acceptors (Lipinski definition) is 7. The molecule has 0 saturated carbocycles. The van der Waals surface area contributed by atoms with E-state index in [4.69, 9.17) is 4.98 Å². The number of anilines is 1. The molecular weight excluding hydrogens is 390 g/mol. The third-order valence-electron chi connectivity index (χ3n) is 5.85. The van der Waals surface area contributed by atoms with Gasteiger partial charge in [-0.05, 0) is 25.2 Å². The van der Waals surface area contributed by atoms with Crippen molar-refractivity contribution in [1.82, 2.24) is 40.0 Å². The van der Waals surface area contributed by atoms with Crippen molar-refractivity contribution in [2.45, 2.75) is 0 Å². The minimum absolute atomic E-state index is 0.716. The highest BCUT2D eigenvalue weighted by molar-refractivity contribution is 5.96. The van der Waals surface area contributed by atoms with Crippen molar-refractivity contribution in [3.63, 3.8) is 0 Å². The van der Waals surface area contributed by atoms with E-state index >= 15 is 0 Å². The quantitative estimate of drug-likeness (QED) is 0.471. The van der Waals surface area contributed by atoms with Gasteiger partial charge in [-0.3, -0.25) is 20.1 Å². The van der Waals surface area contributed by atoms with Gasteiger partial charge in [0.15, 0.2) is 5.82 Å². The van der Waals surface area contributed by atoms with Crippen molar-refractivity contribution >= 4 is 27.6 Å². The first-order valence-corrected chi connectivity index (χ1v) is 10.3. The summed E-state index contributed by atoms with van der Waals surface area (Å²) in [6, 6.07) is 5.93. The Morgan fingerprint density at radius 1 is 0.968 bits per heavy atom. The zero-order valence-electron chi connectivity index (χ0n) is 17.1. The molecule has 6 heterocycles. The van der Waals surface area contributed by atoms with Crippen LogP contribution in [0.25, 0.3) is 44.7 Å². The van der Waals surface area contributed by atoms with Crippen LogP contribution in [0.4, 0.5) is 5.69 Å². The van der Waals surface area contributed by atoms with Crippen LogP contribution < -0.4 is 4.90 Å². The molecule has 1 aliphatic heterocycles. The summed E-state index contributed by atoms with van der Waals surface area (Å²) >= 11 is 0. The monoisotopic (exact) mass is 411 g/mol. The topological polar surface area (TPSA) is 103 Å². The van der Waals surface area contributed by atoms with Gasteiger partial charge in [-0.1, -0.05) is 0 Å². The molecule has 9 nitrogen and oxygen atoms in total. The number of likely N-dealkylation sites (N-methyl/N-ethyl adjacent to an activating group) is 1. The van der Waals surface area contributed by atoms with Crippen molar-refractivity contribution in [2.75, 3.05) is 38.1 Å². The van der Waals surface area contributed by atoms with Gasteiger partial charge in [0.2, 0.25) is 0 Å². The second-order valence-electron chi connectivity index (χ2n) is 7.86. The second-order valence-corrected chi connectivity index (χ2v) is 7.86. The van der Waals surface area contributed by atoms with Crippen molar-refractivity contribution in [3.05, 3.63) is 49.2 Å². The zero-order valence-corrected chi connectivity index (χ0v) is 17.1. The maximum absolute atomic E-state index is 4.94. The number of nitrogens with zero attached hydrogens (tertiary/aromatic N) is 7. The van der Waals surface area contributed by atoms with Gasteiger partial charge in [-0.25, -0.2) is 4.98 Å². The fourth-order valence-electron chi connectivity index (χ4n) is 4.08. The van der Waals surface area contributed by atoms with E-state index in [0.29, 0.717) is 5.82 Å². The van der Waals surface area contributed by atoms with Crippen molar-refractivity contribution < 1.29 is 0 Å². The van der Waals surface area contributed by atoms with Gasteiger partial charge in [0.1, 0.15) is 11.2 Å². The summed E-state index contributed by atoms with van der Waals surface area (Å²) < 4.78 is 0. The predicted molar refractivity (Wildman–Crippen MR) is 120 cm³/mol. The van der Waals surface area contributed by atoms with E-state index in [9.17, 15) is 0 Å². The van der Waals surface area contributed by atoms with Crippen LogP contribution in [0.3, 0.4) is 0 Å². The minimum atomic E-state index is 0.716. The predicted octanol–water partition coefficient (Wildman–Crippen LogP) is 2.71. The Morgan fingerprint density at radius 2 is 1.87 bits per heavy atom. The van der Waals surface area contributed by atoms with Gasteiger partial charge in [0.25, 0.3) is 0 Å². The molecule has 5 aromatic rings. The summed E-state index contributed by atoms with van der Waals surface area (Å²) in [5.41, 5.74) is 6.33. The van der Waals surface area contributed by atoms with E-state index in [-0.39, 0.29) is 0 Å². The molecule has 1 saturated heterocycles. The molecule has 6 rings (SSSR count). The number of hydrogen-bond donors (Lipinski definition) is 2. The van der Waals surface area contributed by atoms with Gasteiger partial charge in [-0.2, -0.15) is 5.10 Å². The lowest BCUT2D eigenvalue weighted by atomic mass is 10.1. The molecule has 2 N–H and O–H groups in total. The number of fused-ring (bicyclic) bond motifs is 2. The van der Waals surface area contributed by atoms with E-state index < -0.39 is 0 Å². The average Bonchev–Trinajstić information content (AvgIpc) is 3.43. The molecule has 0 unspecified atom stereocenters. The molecule has 154 valence electrons. The molecule has 0 aromatic carbocycles. The van der Waals surface area contributed by atoms with Crippen LogP contribution in [0.15, 0.2) is 49.2 Å². The molecule has 0 atom stereocenters. The first-order valence-electron chi connectivity index (χ1n) is 10.3. The fraction of sp³-hybridized carbons (Fsp3) is 0.227. The van der Waals surface area contributed by atoms with Crippen molar-refractivity contribution in [3.8, 4) is 22.8 Å². The molecule has 0 spiro atoms. The number of H-pyrrole nitrogens is 2. The Morgan fingerprint density at radius 3 is 2.71 bits per heavy atom. The standard InChI is InChI=1S/C22H21N9/c1-30-5-7-31(8-6-30)19-13-24-11-18-21(19)27-22(26-18)20-15-9-16(14-3-2-4-23-10-14)25-12-17(15)28-29-20/h2-4,9-13H,5-8H2,1H3,(H,26,27)(H,28,29). The number of rotatable bonds is 3. The Balaban J connectivity index is 1.44. The molecular formula is C22H21N9. The van der Waals surface area contributed by atoms with Crippen LogP contribution >= 0.6 is 0 Å². The maximum Gasteiger partial charge on any atom is 0.159 e. The molecule has 0 bridgehead atoms. The number of aromatic nitrogens is 7. The summed E-state index contributed by atoms with van der Waals surface area (Å²) in [5.74, 6) is 0.716. The maximum atomic E-state index is 4.94. The van der Waals surface area contributed by atoms with Crippen molar-refractivity contribution in [1.29, 1.82) is 0 Å². The average molecular weight is 411 g/mol. The van der Waals surface area contributed by atoms with Gasteiger partial charge in [0, 0.05) is 49.5 Å². The smallest absolute Gasteiger partial charge is 0.159 e. The Hall–Kier alpha value is -3.85. The van der Waals surface area contributed by atoms with Crippen LogP contribution in [0.5, 0.6) is 0 Å². The zero-order chi connectivity index (χ0) is 20.8. The highest BCUT2D eigenvalue weighted by atomic mass is 15.3. The summed E-state index contributed by atoms with van der Waals surface area (Å²) in [4.78, 5) is 26.2. The lowest BCUT2D eigenvalue weighted by molar-refractivity contribution is 0.313. The number of piperazine rings is 1. The van der Waals surface area contributed by atoms with E-state index in [1.165, 1.54) is 0 Å². The van der Waals surface area contributed by atoms with Crippen LogP contribution in [-0.2, 0) is 0 Å². The van der Waals surface area contributed by atoms with Gasteiger partial charge < -0.3 is 14.8 Å². The largest absolute Gasteiger partial charge is 0.366 e. The normalized spacial score (nSPS) is 15.2. The van der Waals surface area contributed by atoms with Crippen LogP contribution in [0.2, 0.25) is 0 Å². The van der Waals surface area contributed by atoms with Gasteiger partial charge in [-0.15, -0.1) is 0 Å². The molecule has 1 aliphatic rings. The number of imidazole rings is 1. The molecule has 0 radical (unpaired) electrons. The Kier molecular flexibility index (Phi) is 4.13. The third-order valence-corrected chi connectivity index (χ3v) is 5.85. The highest BCUT2D eigenvalue weighted by Crippen LogP contribution is 2.31. The third kappa shape index (κ3) is 3.10. The molecule has 31 heavy (non-hydrogen) atoms. The van der Waals surface area contributed by atoms with Crippen LogP contribution in [0.1, 0.15) is 0 Å². The summed E-state index contributed by atoms with van der Waals surface area (Å²) in [5, 5.41) is 8.57. The van der Waals surface area contributed by atoms with Crippen LogP contribution in [-0.4, -0.2) is 73.2 Å². The Labute approximate surface area is 178 Å². The minimum Gasteiger partial charge on any atom is -0.366 e. The summed E-state index contributed by atoms with van der Waals surface area (Å²) in [6.45, 7) is 3.99. The molecule has 9 heteroatoms.